The number of carbonyl (C=O) groups excluding carboxylic acids is 2. The summed E-state index contributed by atoms with van der Waals surface area (Å²) in [6, 6.07) is 4.12. The van der Waals surface area contributed by atoms with Gasteiger partial charge in [-0.15, -0.1) is 0 Å². The van der Waals surface area contributed by atoms with Crippen molar-refractivity contribution in [2.45, 2.75) is 25.3 Å². The second kappa shape index (κ2) is 9.05. The van der Waals surface area contributed by atoms with Gasteiger partial charge in [0.2, 0.25) is 0 Å². The van der Waals surface area contributed by atoms with Gasteiger partial charge < -0.3 is 31.1 Å². The maximum Gasteiger partial charge on any atom is 0.271 e. The van der Waals surface area contributed by atoms with Gasteiger partial charge in [-0.05, 0) is 12.1 Å². The van der Waals surface area contributed by atoms with E-state index in [0.717, 1.165) is 0 Å². The molecule has 9 nitrogen and oxygen atoms in total. The quantitative estimate of drug-likeness (QED) is 0.302. The van der Waals surface area contributed by atoms with Gasteiger partial charge in [-0.3, -0.25) is 9.59 Å². The lowest BCUT2D eigenvalue weighted by Crippen LogP contribution is -2.37. The molecular formula is C13H19N3O6. The van der Waals surface area contributed by atoms with Gasteiger partial charge in [-0.1, -0.05) is 6.07 Å². The number of nitrogens with one attached hydrogen (secondary N) is 2. The minimum Gasteiger partial charge on any atom is -0.396 e. The highest BCUT2D eigenvalue weighted by molar-refractivity contribution is 5.96. The first-order valence-corrected chi connectivity index (χ1v) is 6.64. The molecule has 0 aliphatic heterocycles. The van der Waals surface area contributed by atoms with Crippen LogP contribution in [0.4, 0.5) is 0 Å². The maximum absolute atomic E-state index is 11.8. The van der Waals surface area contributed by atoms with Gasteiger partial charge in [0.1, 0.15) is 23.8 Å². The molecule has 0 saturated carbocycles. The molecule has 2 amide bonds. The summed E-state index contributed by atoms with van der Waals surface area (Å²) in [4.78, 5) is 27.4. The normalized spacial score (nSPS) is 13.3. The highest BCUT2D eigenvalue weighted by Crippen LogP contribution is 2.02. The summed E-state index contributed by atoms with van der Waals surface area (Å²) in [5.41, 5.74) is -0.192. The van der Waals surface area contributed by atoms with E-state index in [2.05, 4.69) is 15.6 Å². The molecule has 1 aromatic rings. The number of aromatic nitrogens is 1. The highest BCUT2D eigenvalue weighted by atomic mass is 16.3. The Balaban J connectivity index is 2.72. The lowest BCUT2D eigenvalue weighted by Gasteiger charge is -2.13. The smallest absolute Gasteiger partial charge is 0.271 e. The topological polar surface area (TPSA) is 152 Å². The molecule has 0 saturated heterocycles. The van der Waals surface area contributed by atoms with Crippen LogP contribution in [-0.2, 0) is 0 Å². The van der Waals surface area contributed by atoms with E-state index in [1.54, 1.807) is 0 Å². The molecule has 1 aromatic heterocycles. The zero-order valence-corrected chi connectivity index (χ0v) is 11.8. The lowest BCUT2D eigenvalue weighted by atomic mass is 10.2. The Morgan fingerprint density at radius 3 is 1.73 bits per heavy atom. The number of carbonyl (C=O) groups is 2. The van der Waals surface area contributed by atoms with Crippen molar-refractivity contribution < 1.29 is 30.0 Å². The molecule has 122 valence electrons. The van der Waals surface area contributed by atoms with Crippen LogP contribution in [0.2, 0.25) is 0 Å². The summed E-state index contributed by atoms with van der Waals surface area (Å²) in [5, 5.41) is 40.5. The minimum atomic E-state index is -1.22. The van der Waals surface area contributed by atoms with E-state index in [0.29, 0.717) is 0 Å². The zero-order chi connectivity index (χ0) is 16.5. The number of aliphatic hydroxyl groups excluding tert-OH is 4. The molecule has 6 N–H and O–H groups in total. The van der Waals surface area contributed by atoms with Crippen LogP contribution in [-0.4, -0.2) is 62.9 Å². The summed E-state index contributed by atoms with van der Waals surface area (Å²) >= 11 is 0. The first-order chi connectivity index (χ1) is 10.5. The molecule has 0 aliphatic carbocycles. The lowest BCUT2D eigenvalue weighted by molar-refractivity contribution is 0.0702. The average molecular weight is 313 g/mol. The molecule has 2 unspecified atom stereocenters. The second-order valence-electron chi connectivity index (χ2n) is 4.41. The van der Waals surface area contributed by atoms with Crippen LogP contribution in [0.15, 0.2) is 18.2 Å². The van der Waals surface area contributed by atoms with Gasteiger partial charge in [0, 0.05) is 26.1 Å². The van der Waals surface area contributed by atoms with Crippen molar-refractivity contribution in [2.24, 2.45) is 0 Å². The van der Waals surface area contributed by atoms with Gasteiger partial charge in [0.25, 0.3) is 11.8 Å². The predicted octanol–water partition coefficient (Wildman–Crippen LogP) is -2.06. The molecule has 0 radical (unpaired) electrons. The fourth-order valence-electron chi connectivity index (χ4n) is 1.53. The Labute approximate surface area is 126 Å². The summed E-state index contributed by atoms with van der Waals surface area (Å²) in [7, 11) is 0. The number of nitrogens with zero attached hydrogens (tertiary/aromatic N) is 1. The summed E-state index contributed by atoms with van der Waals surface area (Å²) in [6.07, 6.45) is -2.50. The van der Waals surface area contributed by atoms with Gasteiger partial charge in [-0.2, -0.15) is 0 Å². The van der Waals surface area contributed by atoms with Gasteiger partial charge in [-0.25, -0.2) is 4.98 Å². The van der Waals surface area contributed by atoms with E-state index >= 15 is 0 Å². The molecule has 0 bridgehead atoms. The third-order valence-corrected chi connectivity index (χ3v) is 2.61. The van der Waals surface area contributed by atoms with Gasteiger partial charge >= 0.3 is 0 Å². The summed E-state index contributed by atoms with van der Waals surface area (Å²) < 4.78 is 0. The standard InChI is InChI=1S/C13H19N3O6/c17-6-4-10(19)15-12(21)8-2-1-3-9(14-8)13(22)16-11(20)5-7-18/h1-3,10-11,17-20H,4-7H2,(H,15,21)(H,16,22). The Morgan fingerprint density at radius 2 is 1.36 bits per heavy atom. The van der Waals surface area contributed by atoms with E-state index in [1.165, 1.54) is 18.2 Å². The number of aliphatic hydroxyl groups is 4. The van der Waals surface area contributed by atoms with Crippen LogP contribution in [0.5, 0.6) is 0 Å². The fourth-order valence-corrected chi connectivity index (χ4v) is 1.53. The number of hydrogen-bond acceptors (Lipinski definition) is 7. The van der Waals surface area contributed by atoms with Crippen molar-refractivity contribution in [2.75, 3.05) is 13.2 Å². The highest BCUT2D eigenvalue weighted by Gasteiger charge is 2.16. The van der Waals surface area contributed by atoms with Crippen molar-refractivity contribution in [1.82, 2.24) is 15.6 Å². The third-order valence-electron chi connectivity index (χ3n) is 2.61. The Morgan fingerprint density at radius 1 is 0.955 bits per heavy atom. The first-order valence-electron chi connectivity index (χ1n) is 6.64. The van der Waals surface area contributed by atoms with Crippen LogP contribution in [0.1, 0.15) is 33.8 Å². The van der Waals surface area contributed by atoms with Crippen molar-refractivity contribution in [3.8, 4) is 0 Å². The van der Waals surface area contributed by atoms with Crippen molar-refractivity contribution in [1.29, 1.82) is 0 Å². The van der Waals surface area contributed by atoms with E-state index in [9.17, 15) is 19.8 Å². The number of amides is 2. The van der Waals surface area contributed by atoms with Crippen LogP contribution in [0.3, 0.4) is 0 Å². The zero-order valence-electron chi connectivity index (χ0n) is 11.8. The van der Waals surface area contributed by atoms with Crippen molar-refractivity contribution in [3.63, 3.8) is 0 Å². The second-order valence-corrected chi connectivity index (χ2v) is 4.41. The molecule has 22 heavy (non-hydrogen) atoms. The molecule has 0 aromatic carbocycles. The first kappa shape index (κ1) is 18.0. The third kappa shape index (κ3) is 5.74. The molecule has 0 fully saturated rings. The number of pyridine rings is 1. The summed E-state index contributed by atoms with van der Waals surface area (Å²) in [5.74, 6) is -1.40. The molecular weight excluding hydrogens is 294 g/mol. The molecule has 2 atom stereocenters. The number of rotatable bonds is 8. The van der Waals surface area contributed by atoms with E-state index in [4.69, 9.17) is 10.2 Å². The average Bonchev–Trinajstić information content (AvgIpc) is 2.47. The van der Waals surface area contributed by atoms with Crippen LogP contribution < -0.4 is 10.6 Å². The van der Waals surface area contributed by atoms with E-state index < -0.39 is 24.3 Å². The van der Waals surface area contributed by atoms with E-state index in [-0.39, 0.29) is 37.4 Å². The molecule has 0 aliphatic rings. The SMILES string of the molecule is O=C(NC(O)CCO)c1cccc(C(=O)NC(O)CCO)n1. The Hall–Kier alpha value is -2.07. The molecule has 9 heteroatoms. The van der Waals surface area contributed by atoms with Crippen LogP contribution >= 0.6 is 0 Å². The molecule has 1 heterocycles. The molecule has 0 spiro atoms. The molecule has 1 rings (SSSR count). The predicted molar refractivity (Wildman–Crippen MR) is 74.6 cm³/mol. The fraction of sp³-hybridized carbons (Fsp3) is 0.462. The summed E-state index contributed by atoms with van der Waals surface area (Å²) in [6.45, 7) is -0.583. The van der Waals surface area contributed by atoms with Crippen LogP contribution in [0.25, 0.3) is 0 Å². The van der Waals surface area contributed by atoms with Crippen LogP contribution in [0, 0.1) is 0 Å². The van der Waals surface area contributed by atoms with Crippen molar-refractivity contribution >= 4 is 11.8 Å². The van der Waals surface area contributed by atoms with Gasteiger partial charge in [0.15, 0.2) is 0 Å². The van der Waals surface area contributed by atoms with Crippen molar-refractivity contribution in [3.05, 3.63) is 29.6 Å². The van der Waals surface area contributed by atoms with Gasteiger partial charge in [0.05, 0.1) is 0 Å². The Kier molecular flexibility index (Phi) is 7.40. The maximum atomic E-state index is 11.8. The largest absolute Gasteiger partial charge is 0.396 e. The Bertz CT molecular complexity index is 469. The minimum absolute atomic E-state index is 0.0285. The monoisotopic (exact) mass is 313 g/mol. The number of hydrogen-bond donors (Lipinski definition) is 6. The van der Waals surface area contributed by atoms with E-state index in [1.807, 2.05) is 0 Å².